The molecule has 2 atom stereocenters. The van der Waals surface area contributed by atoms with Crippen molar-refractivity contribution in [3.8, 4) is 0 Å². The van der Waals surface area contributed by atoms with Crippen LogP contribution in [-0.2, 0) is 4.79 Å². The largest absolute Gasteiger partial charge is 0.351 e. The molecule has 2 saturated carbocycles. The van der Waals surface area contributed by atoms with Gasteiger partial charge in [-0.1, -0.05) is 12.8 Å². The van der Waals surface area contributed by atoms with Crippen LogP contribution >= 0.6 is 11.6 Å². The van der Waals surface area contributed by atoms with Gasteiger partial charge in [0.2, 0.25) is 5.91 Å². The number of hydrogen-bond acceptors (Lipinski definition) is 2. The molecule has 0 unspecified atom stereocenters. The Hall–Kier alpha value is -0.280. The van der Waals surface area contributed by atoms with E-state index in [0.717, 1.165) is 12.5 Å². The highest BCUT2D eigenvalue weighted by Crippen LogP contribution is 2.32. The monoisotopic (exact) mass is 244 g/mol. The van der Waals surface area contributed by atoms with Crippen molar-refractivity contribution in [1.29, 1.82) is 0 Å². The van der Waals surface area contributed by atoms with Crippen LogP contribution in [0.2, 0.25) is 0 Å². The van der Waals surface area contributed by atoms with Crippen LogP contribution < -0.4 is 5.32 Å². The molecule has 2 aliphatic rings. The van der Waals surface area contributed by atoms with Gasteiger partial charge < -0.3 is 5.32 Å². The third-order valence-electron chi connectivity index (χ3n) is 3.84. The molecule has 0 heterocycles. The first kappa shape index (κ1) is 12.2. The molecule has 0 spiro atoms. The van der Waals surface area contributed by atoms with E-state index < -0.39 is 0 Å². The lowest BCUT2D eigenvalue weighted by Crippen LogP contribution is -2.53. The predicted octanol–water partition coefficient (Wildman–Crippen LogP) is 1.75. The van der Waals surface area contributed by atoms with Crippen LogP contribution in [0.3, 0.4) is 0 Å². The van der Waals surface area contributed by atoms with Gasteiger partial charge in [0.15, 0.2) is 0 Å². The summed E-state index contributed by atoms with van der Waals surface area (Å²) in [6.07, 6.45) is 7.47. The summed E-state index contributed by atoms with van der Waals surface area (Å²) in [6.45, 7) is 0. The maximum absolute atomic E-state index is 11.4. The Labute approximate surface area is 103 Å². The summed E-state index contributed by atoms with van der Waals surface area (Å²) in [6, 6.07) is 1.59. The predicted molar refractivity (Wildman–Crippen MR) is 65.7 cm³/mol. The molecule has 0 aliphatic heterocycles. The highest BCUT2D eigenvalue weighted by atomic mass is 35.5. The fourth-order valence-electron chi connectivity index (χ4n) is 2.77. The van der Waals surface area contributed by atoms with Crippen LogP contribution in [0.15, 0.2) is 0 Å². The summed E-state index contributed by atoms with van der Waals surface area (Å²) in [5, 5.41) is 3.07. The minimum Gasteiger partial charge on any atom is -0.351 e. The average Bonchev–Trinajstić information content (AvgIpc) is 3.12. The van der Waals surface area contributed by atoms with Crippen molar-refractivity contribution in [2.24, 2.45) is 0 Å². The SMILES string of the molecule is CN(C1CC1)[C@H]1CCCC[C@H]1NC(=O)CCl. The van der Waals surface area contributed by atoms with Gasteiger partial charge in [-0.3, -0.25) is 9.69 Å². The van der Waals surface area contributed by atoms with E-state index in [1.807, 2.05) is 0 Å². The molecule has 0 bridgehead atoms. The standard InChI is InChI=1S/C12H21ClN2O/c1-15(9-6-7-9)11-5-3-2-4-10(11)14-12(16)8-13/h9-11H,2-8H2,1H3,(H,14,16)/t10-,11+/m1/s1. The number of rotatable bonds is 4. The molecule has 3 nitrogen and oxygen atoms in total. The van der Waals surface area contributed by atoms with Crippen molar-refractivity contribution in [1.82, 2.24) is 10.2 Å². The zero-order chi connectivity index (χ0) is 11.5. The first-order valence-electron chi connectivity index (χ1n) is 6.29. The summed E-state index contributed by atoms with van der Waals surface area (Å²) < 4.78 is 0. The van der Waals surface area contributed by atoms with Gasteiger partial charge in [0.1, 0.15) is 5.88 Å². The Kier molecular flexibility index (Phi) is 4.09. The molecule has 0 aromatic carbocycles. The molecule has 16 heavy (non-hydrogen) atoms. The van der Waals surface area contributed by atoms with Crippen molar-refractivity contribution in [2.75, 3.05) is 12.9 Å². The van der Waals surface area contributed by atoms with Gasteiger partial charge in [0.25, 0.3) is 0 Å². The first-order chi connectivity index (χ1) is 7.72. The molecule has 92 valence electrons. The molecule has 0 radical (unpaired) electrons. The van der Waals surface area contributed by atoms with Crippen molar-refractivity contribution >= 4 is 17.5 Å². The molecule has 1 amide bonds. The van der Waals surface area contributed by atoms with Crippen LogP contribution in [0.25, 0.3) is 0 Å². The van der Waals surface area contributed by atoms with Gasteiger partial charge in [-0.25, -0.2) is 0 Å². The van der Waals surface area contributed by atoms with Crippen molar-refractivity contribution in [3.05, 3.63) is 0 Å². The molecule has 2 fully saturated rings. The zero-order valence-corrected chi connectivity index (χ0v) is 10.7. The van der Waals surface area contributed by atoms with Crippen molar-refractivity contribution < 1.29 is 4.79 Å². The molecule has 4 heteroatoms. The number of carbonyl (C=O) groups excluding carboxylic acids is 1. The van der Waals surface area contributed by atoms with Gasteiger partial charge in [-0.2, -0.15) is 0 Å². The third-order valence-corrected chi connectivity index (χ3v) is 4.09. The lowest BCUT2D eigenvalue weighted by Gasteiger charge is -2.38. The van der Waals surface area contributed by atoms with Crippen LogP contribution in [-0.4, -0.2) is 41.9 Å². The fraction of sp³-hybridized carbons (Fsp3) is 0.917. The molecule has 0 aromatic rings. The lowest BCUT2D eigenvalue weighted by molar-refractivity contribution is -0.120. The second-order valence-electron chi connectivity index (χ2n) is 5.06. The maximum atomic E-state index is 11.4. The Morgan fingerprint density at radius 1 is 1.31 bits per heavy atom. The van der Waals surface area contributed by atoms with E-state index in [2.05, 4.69) is 17.3 Å². The fourth-order valence-corrected chi connectivity index (χ4v) is 2.84. The molecular weight excluding hydrogens is 224 g/mol. The second kappa shape index (κ2) is 5.37. The van der Waals surface area contributed by atoms with E-state index in [1.165, 1.54) is 32.1 Å². The molecule has 2 aliphatic carbocycles. The van der Waals surface area contributed by atoms with Crippen molar-refractivity contribution in [2.45, 2.75) is 56.7 Å². The van der Waals surface area contributed by atoms with Gasteiger partial charge in [0.05, 0.1) is 0 Å². The van der Waals surface area contributed by atoms with Gasteiger partial charge in [-0.15, -0.1) is 11.6 Å². The summed E-state index contributed by atoms with van der Waals surface area (Å²) in [5.74, 6) is 0.0545. The van der Waals surface area contributed by atoms with E-state index in [-0.39, 0.29) is 11.8 Å². The molecule has 2 rings (SSSR count). The van der Waals surface area contributed by atoms with Crippen LogP contribution in [0.5, 0.6) is 0 Å². The smallest absolute Gasteiger partial charge is 0.235 e. The van der Waals surface area contributed by atoms with E-state index in [4.69, 9.17) is 11.6 Å². The summed E-state index contributed by atoms with van der Waals surface area (Å²) in [4.78, 5) is 13.8. The van der Waals surface area contributed by atoms with E-state index in [1.54, 1.807) is 0 Å². The van der Waals surface area contributed by atoms with Crippen LogP contribution in [0, 0.1) is 0 Å². The average molecular weight is 245 g/mol. The molecule has 1 N–H and O–H groups in total. The minimum absolute atomic E-state index is 0.0252. The number of nitrogens with one attached hydrogen (secondary N) is 1. The van der Waals surface area contributed by atoms with E-state index in [9.17, 15) is 4.79 Å². The maximum Gasteiger partial charge on any atom is 0.235 e. The molecule has 0 saturated heterocycles. The number of carbonyl (C=O) groups is 1. The number of halogens is 1. The number of amides is 1. The minimum atomic E-state index is -0.0252. The number of likely N-dealkylation sites (N-methyl/N-ethyl adjacent to an activating group) is 1. The second-order valence-corrected chi connectivity index (χ2v) is 5.32. The normalized spacial score (nSPS) is 30.4. The Morgan fingerprint density at radius 3 is 2.62 bits per heavy atom. The third kappa shape index (κ3) is 2.89. The van der Waals surface area contributed by atoms with E-state index >= 15 is 0 Å². The Balaban J connectivity index is 1.92. The van der Waals surface area contributed by atoms with E-state index in [0.29, 0.717) is 12.1 Å². The Bertz CT molecular complexity index is 255. The summed E-state index contributed by atoms with van der Waals surface area (Å²) in [7, 11) is 2.20. The number of nitrogens with zero attached hydrogens (tertiary/aromatic N) is 1. The molecule has 0 aromatic heterocycles. The van der Waals surface area contributed by atoms with Gasteiger partial charge in [-0.05, 0) is 32.7 Å². The van der Waals surface area contributed by atoms with Crippen LogP contribution in [0.4, 0.5) is 0 Å². The number of hydrogen-bond donors (Lipinski definition) is 1. The van der Waals surface area contributed by atoms with Gasteiger partial charge in [0, 0.05) is 18.1 Å². The Morgan fingerprint density at radius 2 is 2.00 bits per heavy atom. The lowest BCUT2D eigenvalue weighted by atomic mass is 9.89. The zero-order valence-electron chi connectivity index (χ0n) is 9.92. The number of alkyl halides is 1. The topological polar surface area (TPSA) is 32.3 Å². The first-order valence-corrected chi connectivity index (χ1v) is 6.83. The highest BCUT2D eigenvalue weighted by molar-refractivity contribution is 6.27. The van der Waals surface area contributed by atoms with Crippen molar-refractivity contribution in [3.63, 3.8) is 0 Å². The summed E-state index contributed by atoms with van der Waals surface area (Å²) >= 11 is 5.55. The molecular formula is C12H21ClN2O. The highest BCUT2D eigenvalue weighted by Gasteiger charge is 2.36. The quantitative estimate of drug-likeness (QED) is 0.765. The summed E-state index contributed by atoms with van der Waals surface area (Å²) in [5.41, 5.74) is 0. The van der Waals surface area contributed by atoms with Gasteiger partial charge >= 0.3 is 0 Å². The van der Waals surface area contributed by atoms with Crippen LogP contribution in [0.1, 0.15) is 38.5 Å².